The summed E-state index contributed by atoms with van der Waals surface area (Å²) in [4.78, 5) is 12.5. The zero-order chi connectivity index (χ0) is 16.8. The molecule has 0 saturated heterocycles. The summed E-state index contributed by atoms with van der Waals surface area (Å²) >= 11 is 6.25. The Morgan fingerprint density at radius 1 is 0.958 bits per heavy atom. The maximum Gasteiger partial charge on any atom is 0.235 e. The van der Waals surface area contributed by atoms with E-state index in [1.54, 1.807) is 24.3 Å². The molecule has 24 heavy (non-hydrogen) atoms. The van der Waals surface area contributed by atoms with E-state index in [0.717, 1.165) is 16.3 Å². The van der Waals surface area contributed by atoms with Crippen LogP contribution in [0.15, 0.2) is 63.8 Å². The van der Waals surface area contributed by atoms with E-state index in [-0.39, 0.29) is 11.5 Å². The summed E-state index contributed by atoms with van der Waals surface area (Å²) < 4.78 is 5.87. The molecule has 0 amide bonds. The van der Waals surface area contributed by atoms with E-state index in [1.165, 1.54) is 0 Å². The number of hydrogen-bond donors (Lipinski definition) is 1. The van der Waals surface area contributed by atoms with Crippen molar-refractivity contribution in [2.24, 2.45) is 0 Å². The second kappa shape index (κ2) is 5.39. The fraction of sp³-hybridized carbons (Fsp3) is 0.0500. The first-order valence-electron chi connectivity index (χ1n) is 7.50. The molecule has 3 nitrogen and oxygen atoms in total. The van der Waals surface area contributed by atoms with E-state index >= 15 is 0 Å². The van der Waals surface area contributed by atoms with Gasteiger partial charge in [-0.05, 0) is 36.6 Å². The summed E-state index contributed by atoms with van der Waals surface area (Å²) in [5.74, 6) is -0.232. The highest BCUT2D eigenvalue weighted by atomic mass is 35.5. The fourth-order valence-electron chi connectivity index (χ4n) is 2.94. The van der Waals surface area contributed by atoms with Gasteiger partial charge in [0, 0.05) is 16.0 Å². The molecule has 0 aliphatic carbocycles. The van der Waals surface area contributed by atoms with Gasteiger partial charge in [-0.25, -0.2) is 0 Å². The number of benzene rings is 3. The van der Waals surface area contributed by atoms with Gasteiger partial charge in [0.1, 0.15) is 5.58 Å². The van der Waals surface area contributed by atoms with Crippen LogP contribution in [0, 0.1) is 6.92 Å². The van der Waals surface area contributed by atoms with Crippen LogP contribution in [0.2, 0.25) is 5.02 Å². The van der Waals surface area contributed by atoms with Gasteiger partial charge < -0.3 is 9.52 Å². The average Bonchev–Trinajstić information content (AvgIpc) is 2.60. The largest absolute Gasteiger partial charge is 0.502 e. The molecule has 1 heterocycles. The van der Waals surface area contributed by atoms with E-state index in [9.17, 15) is 9.90 Å². The lowest BCUT2D eigenvalue weighted by molar-refractivity contribution is 0.449. The second-order valence-electron chi connectivity index (χ2n) is 5.75. The third-order valence-electron chi connectivity index (χ3n) is 4.14. The molecule has 0 unspecified atom stereocenters. The van der Waals surface area contributed by atoms with Crippen molar-refractivity contribution in [1.82, 2.24) is 0 Å². The average molecular weight is 337 g/mol. The number of fused-ring (bicyclic) bond motifs is 2. The smallest absolute Gasteiger partial charge is 0.235 e. The predicted molar refractivity (Wildman–Crippen MR) is 96.8 cm³/mol. The Balaban J connectivity index is 2.12. The Kier molecular flexibility index (Phi) is 3.32. The van der Waals surface area contributed by atoms with Gasteiger partial charge in [0.2, 0.25) is 11.2 Å². The van der Waals surface area contributed by atoms with E-state index < -0.39 is 5.43 Å². The van der Waals surface area contributed by atoms with Crippen molar-refractivity contribution in [3.8, 4) is 17.1 Å². The molecule has 0 aliphatic rings. The third kappa shape index (κ3) is 2.17. The highest BCUT2D eigenvalue weighted by Gasteiger charge is 2.18. The van der Waals surface area contributed by atoms with E-state index in [1.807, 2.05) is 37.3 Å². The van der Waals surface area contributed by atoms with Crippen LogP contribution in [0.4, 0.5) is 0 Å². The molecule has 0 bridgehead atoms. The van der Waals surface area contributed by atoms with Gasteiger partial charge in [-0.15, -0.1) is 0 Å². The molecule has 1 aromatic heterocycles. The van der Waals surface area contributed by atoms with Crippen LogP contribution in [0.3, 0.4) is 0 Å². The van der Waals surface area contributed by atoms with Crippen LogP contribution < -0.4 is 5.43 Å². The molecule has 4 heteroatoms. The molecule has 1 N–H and O–H groups in total. The summed E-state index contributed by atoms with van der Waals surface area (Å²) in [7, 11) is 0. The van der Waals surface area contributed by atoms with Crippen LogP contribution >= 0.6 is 11.6 Å². The van der Waals surface area contributed by atoms with Crippen LogP contribution in [0.1, 0.15) is 5.56 Å². The van der Waals surface area contributed by atoms with Crippen molar-refractivity contribution in [3.05, 3.63) is 75.4 Å². The number of rotatable bonds is 1. The Bertz CT molecular complexity index is 1160. The fourth-order valence-corrected chi connectivity index (χ4v) is 3.17. The SMILES string of the molecule is Cc1ccc2oc(-c3ccc(Cl)c4ccccc34)c(O)c(=O)c2c1. The Labute approximate surface area is 142 Å². The van der Waals surface area contributed by atoms with Crippen molar-refractivity contribution in [3.63, 3.8) is 0 Å². The quantitative estimate of drug-likeness (QED) is 0.514. The minimum atomic E-state index is -0.436. The van der Waals surface area contributed by atoms with Crippen molar-refractivity contribution in [1.29, 1.82) is 0 Å². The molecule has 0 saturated carbocycles. The van der Waals surface area contributed by atoms with Crippen molar-refractivity contribution < 1.29 is 9.52 Å². The van der Waals surface area contributed by atoms with Crippen LogP contribution in [-0.4, -0.2) is 5.11 Å². The lowest BCUT2D eigenvalue weighted by Crippen LogP contribution is -2.03. The number of aromatic hydroxyl groups is 1. The van der Waals surface area contributed by atoms with Crippen LogP contribution in [0.25, 0.3) is 33.1 Å². The second-order valence-corrected chi connectivity index (χ2v) is 6.16. The summed E-state index contributed by atoms with van der Waals surface area (Å²) in [6.07, 6.45) is 0. The van der Waals surface area contributed by atoms with Crippen LogP contribution in [-0.2, 0) is 0 Å². The molecule has 4 aromatic rings. The highest BCUT2D eigenvalue weighted by Crippen LogP contribution is 2.37. The maximum atomic E-state index is 12.5. The molecule has 3 aromatic carbocycles. The topological polar surface area (TPSA) is 50.4 Å². The monoisotopic (exact) mass is 336 g/mol. The zero-order valence-corrected chi connectivity index (χ0v) is 13.6. The summed E-state index contributed by atoms with van der Waals surface area (Å²) in [6.45, 7) is 1.89. The van der Waals surface area contributed by atoms with Gasteiger partial charge in [0.05, 0.1) is 5.39 Å². The summed E-state index contributed by atoms with van der Waals surface area (Å²) in [5, 5.41) is 13.1. The lowest BCUT2D eigenvalue weighted by Gasteiger charge is -2.10. The van der Waals surface area contributed by atoms with Gasteiger partial charge in [-0.3, -0.25) is 4.79 Å². The molecule has 0 spiro atoms. The normalized spacial score (nSPS) is 11.2. The minimum absolute atomic E-state index is 0.157. The molecule has 0 radical (unpaired) electrons. The molecule has 118 valence electrons. The van der Waals surface area contributed by atoms with Crippen molar-refractivity contribution >= 4 is 33.3 Å². The van der Waals surface area contributed by atoms with Gasteiger partial charge in [-0.2, -0.15) is 0 Å². The standard InChI is InChI=1S/C20H13ClO3/c1-11-6-9-17-15(10-11)18(22)19(23)20(24-17)14-7-8-16(21)13-5-3-2-4-12(13)14/h2-10,23H,1H3. The maximum absolute atomic E-state index is 12.5. The van der Waals surface area contributed by atoms with E-state index in [0.29, 0.717) is 21.6 Å². The number of aryl methyl sites for hydroxylation is 1. The van der Waals surface area contributed by atoms with Gasteiger partial charge in [-0.1, -0.05) is 47.5 Å². The molecule has 0 fully saturated rings. The van der Waals surface area contributed by atoms with E-state index in [2.05, 4.69) is 0 Å². The molecule has 0 aliphatic heterocycles. The zero-order valence-electron chi connectivity index (χ0n) is 12.8. The third-order valence-corrected chi connectivity index (χ3v) is 4.47. The molecular weight excluding hydrogens is 324 g/mol. The summed E-state index contributed by atoms with van der Waals surface area (Å²) in [5.41, 5.74) is 1.57. The molecule has 0 atom stereocenters. The molecule has 4 rings (SSSR count). The first-order valence-corrected chi connectivity index (χ1v) is 7.88. The Hall–Kier alpha value is -2.78. The Morgan fingerprint density at radius 3 is 2.50 bits per heavy atom. The van der Waals surface area contributed by atoms with Gasteiger partial charge in [0.15, 0.2) is 5.76 Å². The number of halogens is 1. The minimum Gasteiger partial charge on any atom is -0.502 e. The first-order chi connectivity index (χ1) is 11.6. The predicted octanol–water partition coefficient (Wildman–Crippen LogP) is 5.28. The van der Waals surface area contributed by atoms with Crippen molar-refractivity contribution in [2.75, 3.05) is 0 Å². The summed E-state index contributed by atoms with van der Waals surface area (Å²) in [6, 6.07) is 16.3. The highest BCUT2D eigenvalue weighted by molar-refractivity contribution is 6.36. The van der Waals surface area contributed by atoms with Crippen molar-refractivity contribution in [2.45, 2.75) is 6.92 Å². The van der Waals surface area contributed by atoms with Gasteiger partial charge >= 0.3 is 0 Å². The first kappa shape index (κ1) is 14.8. The van der Waals surface area contributed by atoms with E-state index in [4.69, 9.17) is 16.0 Å². The molecular formula is C20H13ClO3. The Morgan fingerprint density at radius 2 is 1.71 bits per heavy atom. The number of hydrogen-bond acceptors (Lipinski definition) is 3. The van der Waals surface area contributed by atoms with Gasteiger partial charge in [0.25, 0.3) is 0 Å². The van der Waals surface area contributed by atoms with Crippen LogP contribution in [0.5, 0.6) is 5.75 Å². The lowest BCUT2D eigenvalue weighted by atomic mass is 10.0.